The Labute approximate surface area is 114 Å². The molecule has 1 heterocycles. The molecule has 0 saturated carbocycles. The SMILES string of the molecule is Cc1ncccc1NC(=O)c1ccc([N+](=O)[O-])c(O)c1. The third-order valence-electron chi connectivity index (χ3n) is 2.69. The Hall–Kier alpha value is -2.96. The standard InChI is InChI=1S/C13H11N3O4/c1-8-10(3-2-6-14-8)15-13(18)9-4-5-11(16(19)20)12(17)7-9/h2-7,17H,1H3,(H,15,18). The Bertz CT molecular complexity index is 685. The van der Waals surface area contributed by atoms with Gasteiger partial charge in [-0.05, 0) is 31.2 Å². The highest BCUT2D eigenvalue weighted by Gasteiger charge is 2.16. The number of aromatic nitrogens is 1. The first-order chi connectivity index (χ1) is 9.49. The molecule has 1 amide bonds. The number of hydrogen-bond acceptors (Lipinski definition) is 5. The number of carbonyl (C=O) groups excluding carboxylic acids is 1. The predicted octanol–water partition coefficient (Wildman–Crippen LogP) is 2.26. The van der Waals surface area contributed by atoms with E-state index in [9.17, 15) is 20.0 Å². The van der Waals surface area contributed by atoms with Gasteiger partial charge in [-0.3, -0.25) is 19.9 Å². The summed E-state index contributed by atoms with van der Waals surface area (Å²) in [5.74, 6) is -1.03. The zero-order valence-corrected chi connectivity index (χ0v) is 10.5. The number of carbonyl (C=O) groups is 1. The van der Waals surface area contributed by atoms with Gasteiger partial charge in [0.1, 0.15) is 0 Å². The van der Waals surface area contributed by atoms with Gasteiger partial charge in [-0.15, -0.1) is 0 Å². The van der Waals surface area contributed by atoms with Crippen LogP contribution >= 0.6 is 0 Å². The summed E-state index contributed by atoms with van der Waals surface area (Å²) in [5.41, 5.74) is 0.859. The van der Waals surface area contributed by atoms with Crippen molar-refractivity contribution in [1.82, 2.24) is 4.98 Å². The third kappa shape index (κ3) is 2.72. The van der Waals surface area contributed by atoms with Crippen molar-refractivity contribution in [2.75, 3.05) is 5.32 Å². The minimum Gasteiger partial charge on any atom is -0.502 e. The van der Waals surface area contributed by atoms with Crippen LogP contribution in [0.5, 0.6) is 5.75 Å². The van der Waals surface area contributed by atoms with Crippen molar-refractivity contribution in [3.05, 3.63) is 57.9 Å². The zero-order valence-electron chi connectivity index (χ0n) is 10.5. The number of phenols is 1. The molecular weight excluding hydrogens is 262 g/mol. The van der Waals surface area contributed by atoms with Crippen molar-refractivity contribution in [2.45, 2.75) is 6.92 Å². The van der Waals surface area contributed by atoms with Crippen molar-refractivity contribution < 1.29 is 14.8 Å². The van der Waals surface area contributed by atoms with E-state index in [4.69, 9.17) is 0 Å². The van der Waals surface area contributed by atoms with E-state index in [1.807, 2.05) is 0 Å². The van der Waals surface area contributed by atoms with Crippen LogP contribution in [0.15, 0.2) is 36.5 Å². The largest absolute Gasteiger partial charge is 0.502 e. The van der Waals surface area contributed by atoms with Gasteiger partial charge in [0.05, 0.1) is 16.3 Å². The van der Waals surface area contributed by atoms with Crippen LogP contribution in [0.4, 0.5) is 11.4 Å². The number of rotatable bonds is 3. The number of anilines is 1. The molecular formula is C13H11N3O4. The average molecular weight is 273 g/mol. The molecule has 20 heavy (non-hydrogen) atoms. The van der Waals surface area contributed by atoms with Crippen LogP contribution in [0.2, 0.25) is 0 Å². The van der Waals surface area contributed by atoms with Gasteiger partial charge in [-0.1, -0.05) is 0 Å². The molecule has 0 unspecified atom stereocenters. The highest BCUT2D eigenvalue weighted by atomic mass is 16.6. The molecule has 2 rings (SSSR count). The normalized spacial score (nSPS) is 10.1. The molecule has 0 fully saturated rings. The first-order valence-electron chi connectivity index (χ1n) is 5.69. The van der Waals surface area contributed by atoms with E-state index in [0.29, 0.717) is 11.4 Å². The van der Waals surface area contributed by atoms with Gasteiger partial charge in [0.2, 0.25) is 0 Å². The van der Waals surface area contributed by atoms with Crippen LogP contribution < -0.4 is 5.32 Å². The Balaban J connectivity index is 2.24. The minimum absolute atomic E-state index is 0.122. The van der Waals surface area contributed by atoms with Gasteiger partial charge < -0.3 is 10.4 Å². The number of aromatic hydroxyl groups is 1. The Kier molecular flexibility index (Phi) is 3.60. The third-order valence-corrected chi connectivity index (χ3v) is 2.69. The second-order valence-corrected chi connectivity index (χ2v) is 4.05. The first kappa shape index (κ1) is 13.5. The van der Waals surface area contributed by atoms with E-state index < -0.39 is 22.3 Å². The highest BCUT2D eigenvalue weighted by molar-refractivity contribution is 6.05. The fraction of sp³-hybridized carbons (Fsp3) is 0.0769. The van der Waals surface area contributed by atoms with Crippen LogP contribution in [-0.2, 0) is 0 Å². The van der Waals surface area contributed by atoms with Gasteiger partial charge in [0, 0.05) is 17.8 Å². The minimum atomic E-state index is -0.720. The number of hydrogen-bond donors (Lipinski definition) is 2. The summed E-state index contributed by atoms with van der Waals surface area (Å²) in [5, 5.41) is 22.7. The number of benzene rings is 1. The van der Waals surface area contributed by atoms with Gasteiger partial charge in [-0.2, -0.15) is 0 Å². The smallest absolute Gasteiger partial charge is 0.310 e. The van der Waals surface area contributed by atoms with Crippen LogP contribution in [0, 0.1) is 17.0 Å². The molecule has 0 aliphatic carbocycles. The van der Waals surface area contributed by atoms with Crippen molar-refractivity contribution in [3.8, 4) is 5.75 Å². The summed E-state index contributed by atoms with van der Waals surface area (Å²) >= 11 is 0. The monoisotopic (exact) mass is 273 g/mol. The number of aryl methyl sites for hydroxylation is 1. The van der Waals surface area contributed by atoms with E-state index in [0.717, 1.165) is 12.1 Å². The number of pyridine rings is 1. The molecule has 102 valence electrons. The lowest BCUT2D eigenvalue weighted by molar-refractivity contribution is -0.385. The van der Waals surface area contributed by atoms with Crippen molar-refractivity contribution in [1.29, 1.82) is 0 Å². The average Bonchev–Trinajstić information content (AvgIpc) is 2.40. The van der Waals surface area contributed by atoms with Gasteiger partial charge >= 0.3 is 5.69 Å². The highest BCUT2D eigenvalue weighted by Crippen LogP contribution is 2.26. The van der Waals surface area contributed by atoms with Crippen molar-refractivity contribution in [2.24, 2.45) is 0 Å². The molecule has 7 heteroatoms. The molecule has 0 bridgehead atoms. The van der Waals surface area contributed by atoms with Crippen LogP contribution in [0.25, 0.3) is 0 Å². The maximum atomic E-state index is 12.0. The summed E-state index contributed by atoms with van der Waals surface area (Å²) in [6.07, 6.45) is 1.60. The van der Waals surface area contributed by atoms with Crippen LogP contribution in [-0.4, -0.2) is 20.9 Å². The predicted molar refractivity (Wildman–Crippen MR) is 71.7 cm³/mol. The summed E-state index contributed by atoms with van der Waals surface area (Å²) in [6, 6.07) is 6.78. The summed E-state index contributed by atoms with van der Waals surface area (Å²) in [7, 11) is 0. The maximum absolute atomic E-state index is 12.0. The second-order valence-electron chi connectivity index (χ2n) is 4.05. The molecule has 0 spiro atoms. The number of nitro benzene ring substituents is 1. The zero-order chi connectivity index (χ0) is 14.7. The van der Waals surface area contributed by atoms with E-state index in [-0.39, 0.29) is 5.56 Å². The van der Waals surface area contributed by atoms with Gasteiger partial charge in [0.25, 0.3) is 5.91 Å². The molecule has 0 aliphatic heterocycles. The second kappa shape index (κ2) is 5.35. The van der Waals surface area contributed by atoms with Gasteiger partial charge in [0.15, 0.2) is 5.75 Å². The van der Waals surface area contributed by atoms with Crippen molar-refractivity contribution in [3.63, 3.8) is 0 Å². The Morgan fingerprint density at radius 1 is 1.40 bits per heavy atom. The molecule has 7 nitrogen and oxygen atoms in total. The summed E-state index contributed by atoms with van der Waals surface area (Å²) in [6.45, 7) is 1.74. The molecule has 1 aromatic heterocycles. The van der Waals surface area contributed by atoms with E-state index in [2.05, 4.69) is 10.3 Å². The Morgan fingerprint density at radius 3 is 2.75 bits per heavy atom. The summed E-state index contributed by atoms with van der Waals surface area (Å²) < 4.78 is 0. The van der Waals surface area contributed by atoms with Gasteiger partial charge in [-0.25, -0.2) is 0 Å². The molecule has 0 atom stereocenters. The molecule has 0 aliphatic rings. The van der Waals surface area contributed by atoms with E-state index in [1.54, 1.807) is 25.3 Å². The fourth-order valence-electron chi connectivity index (χ4n) is 1.63. The van der Waals surface area contributed by atoms with Crippen LogP contribution in [0.3, 0.4) is 0 Å². The lowest BCUT2D eigenvalue weighted by Gasteiger charge is -2.07. The molecule has 0 radical (unpaired) electrons. The number of phenolic OH excluding ortho intramolecular Hbond substituents is 1. The number of nitrogens with zero attached hydrogens (tertiary/aromatic N) is 2. The fourth-order valence-corrected chi connectivity index (χ4v) is 1.63. The quantitative estimate of drug-likeness (QED) is 0.659. The topological polar surface area (TPSA) is 105 Å². The van der Waals surface area contributed by atoms with Crippen LogP contribution in [0.1, 0.15) is 16.1 Å². The van der Waals surface area contributed by atoms with Crippen molar-refractivity contribution >= 4 is 17.3 Å². The number of amides is 1. The molecule has 0 saturated heterocycles. The molecule has 2 aromatic rings. The lowest BCUT2D eigenvalue weighted by Crippen LogP contribution is -2.13. The summed E-state index contributed by atoms with van der Waals surface area (Å²) in [4.78, 5) is 25.9. The number of nitrogens with one attached hydrogen (secondary N) is 1. The number of nitro groups is 1. The van der Waals surface area contributed by atoms with E-state index >= 15 is 0 Å². The maximum Gasteiger partial charge on any atom is 0.310 e. The first-order valence-corrected chi connectivity index (χ1v) is 5.69. The molecule has 1 aromatic carbocycles. The van der Waals surface area contributed by atoms with E-state index in [1.165, 1.54) is 6.07 Å². The Morgan fingerprint density at radius 2 is 2.15 bits per heavy atom. The lowest BCUT2D eigenvalue weighted by atomic mass is 10.1. The molecule has 2 N–H and O–H groups in total.